The topological polar surface area (TPSA) is 60.7 Å². The summed E-state index contributed by atoms with van der Waals surface area (Å²) in [6.45, 7) is 3.81. The molecule has 1 saturated carbocycles. The van der Waals surface area contributed by atoms with Crippen LogP contribution >= 0.6 is 39.1 Å². The smallest absolute Gasteiger partial charge is 0.150 e. The van der Waals surface area contributed by atoms with Gasteiger partial charge in [0, 0.05) is 5.41 Å². The van der Waals surface area contributed by atoms with Gasteiger partial charge in [0.2, 0.25) is 0 Å². The molecule has 2 aliphatic carbocycles. The Labute approximate surface area is 189 Å². The van der Waals surface area contributed by atoms with Crippen molar-refractivity contribution < 1.29 is 15.3 Å². The van der Waals surface area contributed by atoms with Crippen LogP contribution in [0.25, 0.3) is 0 Å². The molecule has 2 aliphatic rings. The van der Waals surface area contributed by atoms with Crippen LogP contribution in [0.5, 0.6) is 5.75 Å². The molecule has 6 heteroatoms. The average Bonchev–Trinajstić information content (AvgIpc) is 2.71. The van der Waals surface area contributed by atoms with E-state index >= 15 is 0 Å². The van der Waals surface area contributed by atoms with Crippen LogP contribution in [0.2, 0.25) is 10.0 Å². The van der Waals surface area contributed by atoms with E-state index in [0.29, 0.717) is 22.3 Å². The van der Waals surface area contributed by atoms with Crippen LogP contribution in [-0.4, -0.2) is 20.9 Å². The van der Waals surface area contributed by atoms with Gasteiger partial charge in [-0.2, -0.15) is 0 Å². The largest absolute Gasteiger partial charge is 0.505 e. The third kappa shape index (κ3) is 2.90. The first-order valence-electron chi connectivity index (χ1n) is 9.98. The van der Waals surface area contributed by atoms with Crippen molar-refractivity contribution in [1.29, 1.82) is 0 Å². The summed E-state index contributed by atoms with van der Waals surface area (Å²) in [5, 5.41) is 34.2. The number of aromatic hydroxyl groups is 1. The Morgan fingerprint density at radius 2 is 1.79 bits per heavy atom. The highest BCUT2D eigenvalue weighted by atomic mass is 79.9. The Hall–Kier alpha value is -0.780. The van der Waals surface area contributed by atoms with Gasteiger partial charge >= 0.3 is 0 Å². The Morgan fingerprint density at radius 1 is 1.14 bits per heavy atom. The zero-order valence-corrected chi connectivity index (χ0v) is 19.6. The number of halogens is 3. The Kier molecular flexibility index (Phi) is 5.28. The number of phenols is 1. The summed E-state index contributed by atoms with van der Waals surface area (Å²) in [7, 11) is 0. The molecule has 156 valence electrons. The van der Waals surface area contributed by atoms with E-state index in [1.807, 2.05) is 30.3 Å². The van der Waals surface area contributed by atoms with Gasteiger partial charge in [-0.1, -0.05) is 60.5 Å². The molecule has 0 amide bonds. The highest BCUT2D eigenvalue weighted by molar-refractivity contribution is 9.10. The lowest BCUT2D eigenvalue weighted by Gasteiger charge is -2.59. The molecule has 4 rings (SSSR count). The number of rotatable bonds is 2. The van der Waals surface area contributed by atoms with Crippen LogP contribution in [0.1, 0.15) is 56.2 Å². The van der Waals surface area contributed by atoms with Gasteiger partial charge in [-0.25, -0.2) is 0 Å². The zero-order chi connectivity index (χ0) is 21.2. The van der Waals surface area contributed by atoms with E-state index in [4.69, 9.17) is 23.2 Å². The Bertz CT molecular complexity index is 963. The predicted molar refractivity (Wildman–Crippen MR) is 120 cm³/mol. The lowest BCUT2D eigenvalue weighted by Crippen LogP contribution is -2.62. The van der Waals surface area contributed by atoms with Crippen LogP contribution in [0.15, 0.2) is 34.8 Å². The molecule has 0 saturated heterocycles. The van der Waals surface area contributed by atoms with Crippen molar-refractivity contribution in [3.8, 4) is 5.75 Å². The van der Waals surface area contributed by atoms with Crippen LogP contribution in [-0.2, 0) is 17.4 Å². The SMILES string of the molecule is CCC12CC(C)(O)C(O)(c3ccccc3)C[C@H]1CCc1c(Br)c(O)c(Cl)c(Cl)c12. The number of hydrogen-bond acceptors (Lipinski definition) is 3. The van der Waals surface area contributed by atoms with Crippen molar-refractivity contribution >= 4 is 39.1 Å². The second-order valence-corrected chi connectivity index (χ2v) is 10.3. The quantitative estimate of drug-likeness (QED) is 0.437. The third-order valence-corrected chi connectivity index (χ3v) is 9.09. The summed E-state index contributed by atoms with van der Waals surface area (Å²) < 4.78 is 0.580. The molecule has 0 spiro atoms. The molecule has 3 unspecified atom stereocenters. The maximum atomic E-state index is 11.7. The van der Waals surface area contributed by atoms with Crippen molar-refractivity contribution in [1.82, 2.24) is 0 Å². The maximum Gasteiger partial charge on any atom is 0.150 e. The summed E-state index contributed by atoms with van der Waals surface area (Å²) in [5.74, 6) is 0.0823. The summed E-state index contributed by atoms with van der Waals surface area (Å²) in [4.78, 5) is 0. The molecule has 3 N–H and O–H groups in total. The highest BCUT2D eigenvalue weighted by Crippen LogP contribution is 2.63. The molecular weight excluding hydrogens is 475 g/mol. The molecule has 29 heavy (non-hydrogen) atoms. The first-order valence-corrected chi connectivity index (χ1v) is 11.5. The molecule has 2 aromatic carbocycles. The van der Waals surface area contributed by atoms with Gasteiger partial charge in [0.25, 0.3) is 0 Å². The second kappa shape index (κ2) is 7.13. The van der Waals surface area contributed by atoms with E-state index in [1.54, 1.807) is 6.92 Å². The molecule has 0 heterocycles. The number of aliphatic hydroxyl groups is 2. The monoisotopic (exact) mass is 498 g/mol. The number of fused-ring (bicyclic) bond motifs is 3. The van der Waals surface area contributed by atoms with Crippen molar-refractivity contribution in [2.24, 2.45) is 5.92 Å². The highest BCUT2D eigenvalue weighted by Gasteiger charge is 2.61. The first kappa shape index (κ1) is 21.5. The van der Waals surface area contributed by atoms with Gasteiger partial charge in [0.1, 0.15) is 16.4 Å². The summed E-state index contributed by atoms with van der Waals surface area (Å²) in [5.41, 5.74) is -0.556. The minimum absolute atomic E-state index is 0.0384. The molecule has 4 atom stereocenters. The Balaban J connectivity index is 1.92. The van der Waals surface area contributed by atoms with Gasteiger partial charge in [-0.3, -0.25) is 0 Å². The number of benzene rings is 2. The van der Waals surface area contributed by atoms with Crippen molar-refractivity contribution in [2.75, 3.05) is 0 Å². The van der Waals surface area contributed by atoms with Gasteiger partial charge in [-0.15, -0.1) is 0 Å². The van der Waals surface area contributed by atoms with Crippen molar-refractivity contribution in [3.05, 3.63) is 61.5 Å². The molecule has 0 bridgehead atoms. The average molecular weight is 500 g/mol. The molecule has 0 aromatic heterocycles. The molecular formula is C23H25BrCl2O3. The van der Waals surface area contributed by atoms with Crippen LogP contribution < -0.4 is 0 Å². The lowest BCUT2D eigenvalue weighted by molar-refractivity contribution is -0.205. The summed E-state index contributed by atoms with van der Waals surface area (Å²) in [6, 6.07) is 9.43. The second-order valence-electron chi connectivity index (χ2n) is 8.77. The van der Waals surface area contributed by atoms with Crippen molar-refractivity contribution in [2.45, 2.75) is 62.6 Å². The number of hydrogen-bond donors (Lipinski definition) is 3. The standard InChI is InChI=1S/C23H25BrCl2O3/c1-3-22-12-21(2,28)23(29,13-7-5-4-6-8-13)11-14(22)9-10-15-16(22)18(25)19(26)20(27)17(15)24/h4-8,14,27-29H,3,9-12H2,1-2H3/t14-,21?,22?,23?/m1/s1. The van der Waals surface area contributed by atoms with E-state index < -0.39 is 16.6 Å². The Morgan fingerprint density at radius 3 is 2.41 bits per heavy atom. The first-order chi connectivity index (χ1) is 13.6. The minimum atomic E-state index is -1.37. The molecule has 1 fully saturated rings. The molecule has 3 nitrogen and oxygen atoms in total. The van der Waals surface area contributed by atoms with Gasteiger partial charge in [0.05, 0.1) is 15.1 Å². The molecule has 0 aliphatic heterocycles. The maximum absolute atomic E-state index is 11.7. The van der Waals surface area contributed by atoms with E-state index in [0.717, 1.165) is 36.0 Å². The van der Waals surface area contributed by atoms with E-state index in [2.05, 4.69) is 22.9 Å². The fourth-order valence-electron chi connectivity index (χ4n) is 5.85. The molecule has 2 aromatic rings. The minimum Gasteiger partial charge on any atom is -0.505 e. The van der Waals surface area contributed by atoms with E-state index in [1.165, 1.54) is 0 Å². The predicted octanol–water partition coefficient (Wildman–Crippen LogP) is 6.10. The van der Waals surface area contributed by atoms with Gasteiger partial charge in [-0.05, 0) is 77.6 Å². The molecule has 0 radical (unpaired) electrons. The van der Waals surface area contributed by atoms with E-state index in [9.17, 15) is 15.3 Å². The zero-order valence-electron chi connectivity index (χ0n) is 16.5. The van der Waals surface area contributed by atoms with Gasteiger partial charge < -0.3 is 15.3 Å². The normalized spacial score (nSPS) is 33.8. The summed E-state index contributed by atoms with van der Waals surface area (Å²) >= 11 is 16.6. The lowest BCUT2D eigenvalue weighted by atomic mass is 9.49. The van der Waals surface area contributed by atoms with Crippen LogP contribution in [0.3, 0.4) is 0 Å². The third-order valence-electron chi connectivity index (χ3n) is 7.39. The number of phenolic OH excluding ortho intramolecular Hbond substituents is 1. The fourth-order valence-corrected chi connectivity index (χ4v) is 7.14. The summed E-state index contributed by atoms with van der Waals surface area (Å²) in [6.07, 6.45) is 3.09. The van der Waals surface area contributed by atoms with Crippen LogP contribution in [0.4, 0.5) is 0 Å². The van der Waals surface area contributed by atoms with Gasteiger partial charge in [0.15, 0.2) is 0 Å². The van der Waals surface area contributed by atoms with Crippen molar-refractivity contribution in [3.63, 3.8) is 0 Å². The van der Waals surface area contributed by atoms with Crippen LogP contribution in [0, 0.1) is 5.92 Å². The fraction of sp³-hybridized carbons (Fsp3) is 0.478. The van der Waals surface area contributed by atoms with E-state index in [-0.39, 0.29) is 16.7 Å².